The van der Waals surface area contributed by atoms with Crippen LogP contribution < -0.4 is 9.47 Å². The maximum Gasteiger partial charge on any atom is 0.126 e. The molecule has 154 valence electrons. The van der Waals surface area contributed by atoms with Crippen molar-refractivity contribution in [3.8, 4) is 17.2 Å². The van der Waals surface area contributed by atoms with Gasteiger partial charge in [0.1, 0.15) is 30.5 Å². The third kappa shape index (κ3) is 6.00. The lowest BCUT2D eigenvalue weighted by Gasteiger charge is -2.08. The number of rotatable bonds is 8. The van der Waals surface area contributed by atoms with Crippen molar-refractivity contribution in [1.82, 2.24) is 0 Å². The van der Waals surface area contributed by atoms with Crippen molar-refractivity contribution in [2.75, 3.05) is 0 Å². The molecule has 1 N–H and O–H groups in total. The number of hydrogen-bond acceptors (Lipinski definition) is 3. The van der Waals surface area contributed by atoms with Gasteiger partial charge in [0.05, 0.1) is 0 Å². The molecule has 0 bridgehead atoms. The van der Waals surface area contributed by atoms with Crippen LogP contribution in [0.3, 0.4) is 0 Å². The first-order valence-corrected chi connectivity index (χ1v) is 10.2. The molecule has 0 unspecified atom stereocenters. The number of phenolic OH excluding ortho intramolecular Hbond substituents is 1. The van der Waals surface area contributed by atoms with Gasteiger partial charge in [-0.3, -0.25) is 0 Å². The molecule has 3 heteroatoms. The fraction of sp³-hybridized carbons (Fsp3) is 0.0714. The Kier molecular flexibility index (Phi) is 6.66. The maximum absolute atomic E-state index is 10.3. The second kappa shape index (κ2) is 10.2. The normalized spacial score (nSPS) is 10.8. The van der Waals surface area contributed by atoms with Gasteiger partial charge in [0.2, 0.25) is 0 Å². The van der Waals surface area contributed by atoms with Gasteiger partial charge < -0.3 is 14.6 Å². The SMILES string of the molecule is Oc1cc(OCc2ccccc2)ccc1/C=C/c1ccc(OCc2ccccc2)cc1. The number of benzene rings is 4. The molecule has 31 heavy (non-hydrogen) atoms. The van der Waals surface area contributed by atoms with Crippen molar-refractivity contribution in [3.05, 3.63) is 125 Å². The Hall–Kier alpha value is -3.98. The molecule has 0 radical (unpaired) electrons. The van der Waals surface area contributed by atoms with E-state index in [9.17, 15) is 5.11 Å². The summed E-state index contributed by atoms with van der Waals surface area (Å²) in [4.78, 5) is 0. The molecule has 0 amide bonds. The summed E-state index contributed by atoms with van der Waals surface area (Å²) < 4.78 is 11.6. The number of phenols is 1. The van der Waals surface area contributed by atoms with Crippen molar-refractivity contribution in [1.29, 1.82) is 0 Å². The smallest absolute Gasteiger partial charge is 0.126 e. The first-order chi connectivity index (χ1) is 15.3. The highest BCUT2D eigenvalue weighted by atomic mass is 16.5. The van der Waals surface area contributed by atoms with Gasteiger partial charge in [-0.2, -0.15) is 0 Å². The third-order valence-electron chi connectivity index (χ3n) is 4.83. The van der Waals surface area contributed by atoms with Crippen molar-refractivity contribution < 1.29 is 14.6 Å². The van der Waals surface area contributed by atoms with Gasteiger partial charge in [-0.1, -0.05) is 84.9 Å². The number of ether oxygens (including phenoxy) is 2. The van der Waals surface area contributed by atoms with Crippen LogP contribution in [0.25, 0.3) is 12.2 Å². The summed E-state index contributed by atoms with van der Waals surface area (Å²) in [5, 5.41) is 10.3. The third-order valence-corrected chi connectivity index (χ3v) is 4.83. The molecule has 0 heterocycles. The van der Waals surface area contributed by atoms with Crippen LogP contribution in [0, 0.1) is 0 Å². The monoisotopic (exact) mass is 408 g/mol. The van der Waals surface area contributed by atoms with Crippen molar-refractivity contribution in [2.24, 2.45) is 0 Å². The van der Waals surface area contributed by atoms with Crippen LogP contribution in [-0.2, 0) is 13.2 Å². The Morgan fingerprint density at radius 1 is 0.581 bits per heavy atom. The fourth-order valence-electron chi connectivity index (χ4n) is 3.10. The second-order valence-corrected chi connectivity index (χ2v) is 7.17. The topological polar surface area (TPSA) is 38.7 Å². The van der Waals surface area contributed by atoms with Gasteiger partial charge >= 0.3 is 0 Å². The lowest BCUT2D eigenvalue weighted by atomic mass is 10.1. The standard InChI is InChI=1S/C28H24O3/c29-28-19-27(31-21-24-9-5-2-6-10-24)18-15-25(28)14-11-22-12-16-26(17-13-22)30-20-23-7-3-1-4-8-23/h1-19,29H,20-21H2/b14-11+. The second-order valence-electron chi connectivity index (χ2n) is 7.17. The Morgan fingerprint density at radius 2 is 1.13 bits per heavy atom. The lowest BCUT2D eigenvalue weighted by Crippen LogP contribution is -1.95. The predicted molar refractivity (Wildman–Crippen MR) is 125 cm³/mol. The molecule has 0 saturated heterocycles. The van der Waals surface area contributed by atoms with Crippen LogP contribution in [-0.4, -0.2) is 5.11 Å². The Balaban J connectivity index is 1.33. The van der Waals surface area contributed by atoms with Gasteiger partial charge in [0.25, 0.3) is 0 Å². The molecule has 0 aliphatic rings. The molecular formula is C28H24O3. The summed E-state index contributed by atoms with van der Waals surface area (Å²) in [5.74, 6) is 1.65. The summed E-state index contributed by atoms with van der Waals surface area (Å²) in [6, 6.07) is 33.3. The summed E-state index contributed by atoms with van der Waals surface area (Å²) in [6.07, 6.45) is 3.84. The van der Waals surface area contributed by atoms with E-state index >= 15 is 0 Å². The minimum Gasteiger partial charge on any atom is -0.507 e. The zero-order chi connectivity index (χ0) is 21.3. The molecule has 0 saturated carbocycles. The van der Waals surface area contributed by atoms with E-state index < -0.39 is 0 Å². The van der Waals surface area contributed by atoms with Crippen LogP contribution in [0.1, 0.15) is 22.3 Å². The van der Waals surface area contributed by atoms with E-state index in [0.717, 1.165) is 28.0 Å². The van der Waals surface area contributed by atoms with E-state index in [-0.39, 0.29) is 5.75 Å². The molecule has 0 aliphatic heterocycles. The van der Waals surface area contributed by atoms with Gasteiger partial charge in [-0.05, 0) is 41.0 Å². The van der Waals surface area contributed by atoms with Gasteiger partial charge in [0.15, 0.2) is 0 Å². The minimum atomic E-state index is 0.185. The minimum absolute atomic E-state index is 0.185. The summed E-state index contributed by atoms with van der Waals surface area (Å²) in [7, 11) is 0. The Bertz CT molecular complexity index is 1120. The fourth-order valence-corrected chi connectivity index (χ4v) is 3.10. The molecule has 4 rings (SSSR count). The molecule has 0 atom stereocenters. The summed E-state index contributed by atoms with van der Waals surface area (Å²) in [5.41, 5.74) is 3.98. The lowest BCUT2D eigenvalue weighted by molar-refractivity contribution is 0.304. The molecule has 4 aromatic rings. The highest BCUT2D eigenvalue weighted by molar-refractivity contribution is 5.73. The zero-order valence-corrected chi connectivity index (χ0v) is 17.1. The zero-order valence-electron chi connectivity index (χ0n) is 17.1. The van der Waals surface area contributed by atoms with E-state index in [1.165, 1.54) is 0 Å². The first-order valence-electron chi connectivity index (χ1n) is 10.2. The van der Waals surface area contributed by atoms with E-state index in [1.54, 1.807) is 6.07 Å². The van der Waals surface area contributed by atoms with Gasteiger partial charge in [0, 0.05) is 11.6 Å². The van der Waals surface area contributed by atoms with Crippen molar-refractivity contribution in [3.63, 3.8) is 0 Å². The summed E-state index contributed by atoms with van der Waals surface area (Å²) >= 11 is 0. The van der Waals surface area contributed by atoms with Crippen LogP contribution in [0.15, 0.2) is 103 Å². The van der Waals surface area contributed by atoms with E-state index in [1.807, 2.05) is 109 Å². The number of hydrogen-bond donors (Lipinski definition) is 1. The predicted octanol–water partition coefficient (Wildman–Crippen LogP) is 6.72. The molecule has 0 aliphatic carbocycles. The average Bonchev–Trinajstić information content (AvgIpc) is 2.83. The molecule has 4 aromatic carbocycles. The largest absolute Gasteiger partial charge is 0.507 e. The molecule has 0 spiro atoms. The highest BCUT2D eigenvalue weighted by Crippen LogP contribution is 2.26. The first kappa shape index (κ1) is 20.3. The Morgan fingerprint density at radius 3 is 1.71 bits per heavy atom. The van der Waals surface area contributed by atoms with Crippen LogP contribution in [0.5, 0.6) is 17.2 Å². The van der Waals surface area contributed by atoms with Gasteiger partial charge in [-0.15, -0.1) is 0 Å². The Labute approximate surface area is 182 Å². The molecule has 0 fully saturated rings. The maximum atomic E-state index is 10.3. The number of aromatic hydroxyl groups is 1. The quantitative estimate of drug-likeness (QED) is 0.329. The highest BCUT2D eigenvalue weighted by Gasteiger charge is 2.02. The molecule has 3 nitrogen and oxygen atoms in total. The van der Waals surface area contributed by atoms with E-state index in [0.29, 0.717) is 19.0 Å². The van der Waals surface area contributed by atoms with Gasteiger partial charge in [-0.25, -0.2) is 0 Å². The molecular weight excluding hydrogens is 384 g/mol. The van der Waals surface area contributed by atoms with E-state index in [2.05, 4.69) is 0 Å². The van der Waals surface area contributed by atoms with Crippen LogP contribution in [0.2, 0.25) is 0 Å². The van der Waals surface area contributed by atoms with E-state index in [4.69, 9.17) is 9.47 Å². The molecule has 0 aromatic heterocycles. The van der Waals surface area contributed by atoms with Crippen molar-refractivity contribution in [2.45, 2.75) is 13.2 Å². The van der Waals surface area contributed by atoms with Crippen LogP contribution in [0.4, 0.5) is 0 Å². The van der Waals surface area contributed by atoms with Crippen molar-refractivity contribution >= 4 is 12.2 Å². The summed E-state index contributed by atoms with van der Waals surface area (Å²) in [6.45, 7) is 1.01. The van der Waals surface area contributed by atoms with Crippen LogP contribution >= 0.6 is 0 Å². The average molecular weight is 408 g/mol.